The Morgan fingerprint density at radius 2 is 1.31 bits per heavy atom. The average molecular weight is 508 g/mol. The molecule has 0 aromatic heterocycles. The van der Waals surface area contributed by atoms with E-state index in [2.05, 4.69) is 30.8 Å². The number of carbonyl (C=O) groups is 4. The van der Waals surface area contributed by atoms with Gasteiger partial charge in [0.1, 0.15) is 12.1 Å². The van der Waals surface area contributed by atoms with Crippen molar-refractivity contribution in [1.29, 1.82) is 0 Å². The van der Waals surface area contributed by atoms with Gasteiger partial charge in [-0.15, -0.1) is 0 Å². The zero-order valence-corrected chi connectivity index (χ0v) is 22.3. The van der Waals surface area contributed by atoms with Crippen LogP contribution in [0.4, 0.5) is 9.59 Å². The van der Waals surface area contributed by atoms with E-state index in [1.165, 1.54) is 14.2 Å². The summed E-state index contributed by atoms with van der Waals surface area (Å²) in [6.45, 7) is 7.73. The fraction of sp³-hybridized carbons (Fsp3) is 0.600. The first-order valence-electron chi connectivity index (χ1n) is 12.0. The summed E-state index contributed by atoms with van der Waals surface area (Å²) in [5, 5.41) is 9.78. The molecule has 0 saturated carbocycles. The van der Waals surface area contributed by atoms with Gasteiger partial charge in [0, 0.05) is 19.6 Å². The van der Waals surface area contributed by atoms with Gasteiger partial charge in [0.2, 0.25) is 5.91 Å². The van der Waals surface area contributed by atoms with Crippen LogP contribution in [0.15, 0.2) is 30.3 Å². The summed E-state index contributed by atoms with van der Waals surface area (Å²) in [5.74, 6) is -0.995. The van der Waals surface area contributed by atoms with Crippen LogP contribution in [0, 0.1) is 11.8 Å². The summed E-state index contributed by atoms with van der Waals surface area (Å²) in [6.07, 6.45) is -0.281. The number of amides is 4. The number of hydrazine groups is 1. The zero-order chi connectivity index (χ0) is 27.3. The molecule has 0 aliphatic carbocycles. The summed E-state index contributed by atoms with van der Waals surface area (Å²) in [7, 11) is 4.20. The highest BCUT2D eigenvalue weighted by atomic mass is 16.5. The van der Waals surface area contributed by atoms with Crippen molar-refractivity contribution in [3.63, 3.8) is 0 Å². The minimum Gasteiger partial charge on any atom is -0.453 e. The van der Waals surface area contributed by atoms with Crippen LogP contribution in [0.25, 0.3) is 0 Å². The highest BCUT2D eigenvalue weighted by Gasteiger charge is 2.28. The monoisotopic (exact) mass is 507 g/mol. The Labute approximate surface area is 213 Å². The number of methoxy groups -OCH3 is 2. The van der Waals surface area contributed by atoms with Gasteiger partial charge in [0.05, 0.1) is 14.2 Å². The summed E-state index contributed by atoms with van der Waals surface area (Å²) in [5.41, 5.74) is 3.82. The van der Waals surface area contributed by atoms with Gasteiger partial charge in [0.15, 0.2) is 0 Å². The summed E-state index contributed by atoms with van der Waals surface area (Å²) < 4.78 is 9.26. The number of nitrogens with one attached hydrogen (secondary N) is 4. The quantitative estimate of drug-likeness (QED) is 0.299. The molecule has 0 spiro atoms. The number of carbonyl (C=O) groups excluding carboxylic acids is 4. The second-order valence-corrected chi connectivity index (χ2v) is 9.30. The molecule has 4 amide bonds. The third kappa shape index (κ3) is 10.9. The highest BCUT2D eigenvalue weighted by molar-refractivity contribution is 5.86. The van der Waals surface area contributed by atoms with Crippen LogP contribution >= 0.6 is 0 Å². The third-order valence-corrected chi connectivity index (χ3v) is 5.60. The van der Waals surface area contributed by atoms with Crippen molar-refractivity contribution in [2.45, 2.75) is 58.7 Å². The molecule has 11 nitrogen and oxygen atoms in total. The van der Waals surface area contributed by atoms with E-state index in [0.717, 1.165) is 5.56 Å². The van der Waals surface area contributed by atoms with Gasteiger partial charge < -0.3 is 25.4 Å². The first-order chi connectivity index (χ1) is 17.0. The van der Waals surface area contributed by atoms with E-state index in [1.54, 1.807) is 12.1 Å². The summed E-state index contributed by atoms with van der Waals surface area (Å²) >= 11 is 0. The Morgan fingerprint density at radius 1 is 0.806 bits per heavy atom. The van der Waals surface area contributed by atoms with Crippen molar-refractivity contribution in [3.8, 4) is 0 Å². The first kappa shape index (κ1) is 30.7. The van der Waals surface area contributed by atoms with E-state index in [9.17, 15) is 19.2 Å². The predicted molar refractivity (Wildman–Crippen MR) is 136 cm³/mol. The standard InChI is InChI=1S/C25H41N5O6/c1-16(2)20(27-24(33)35-6)22(31)26-19(15-18-11-9-8-10-12-18)13-14-30(5)29-23(32)21(17(3)4)28-25(34)36-7/h8-12,16-17,19-21H,13-15H2,1-7H3,(H,26,31)(H,27,33)(H,28,34)(H,29,32)/t19-,20+,21+/m1/s1. The molecule has 0 aliphatic rings. The average Bonchev–Trinajstić information content (AvgIpc) is 2.83. The number of alkyl carbamates (subject to hydrolysis) is 2. The van der Waals surface area contributed by atoms with Crippen LogP contribution < -0.4 is 21.4 Å². The fourth-order valence-electron chi connectivity index (χ4n) is 3.52. The van der Waals surface area contributed by atoms with Crippen molar-refractivity contribution in [3.05, 3.63) is 35.9 Å². The van der Waals surface area contributed by atoms with E-state index < -0.39 is 24.3 Å². The minimum atomic E-state index is -0.768. The Bertz CT molecular complexity index is 849. The Hall–Kier alpha value is -3.34. The Kier molecular flexibility index (Phi) is 13.3. The van der Waals surface area contributed by atoms with Gasteiger partial charge in [-0.05, 0) is 30.2 Å². The van der Waals surface area contributed by atoms with Crippen molar-refractivity contribution < 1.29 is 28.7 Å². The van der Waals surface area contributed by atoms with E-state index in [4.69, 9.17) is 0 Å². The predicted octanol–water partition coefficient (Wildman–Crippen LogP) is 1.83. The number of benzene rings is 1. The van der Waals surface area contributed by atoms with Crippen LogP contribution in [0.2, 0.25) is 0 Å². The van der Waals surface area contributed by atoms with Crippen LogP contribution in [-0.4, -0.2) is 74.9 Å². The Balaban J connectivity index is 2.87. The topological polar surface area (TPSA) is 138 Å². The number of ether oxygens (including phenoxy) is 2. The van der Waals surface area contributed by atoms with Crippen molar-refractivity contribution in [2.24, 2.45) is 11.8 Å². The third-order valence-electron chi connectivity index (χ3n) is 5.60. The van der Waals surface area contributed by atoms with Gasteiger partial charge in [-0.1, -0.05) is 58.0 Å². The van der Waals surface area contributed by atoms with Crippen molar-refractivity contribution in [2.75, 3.05) is 27.8 Å². The van der Waals surface area contributed by atoms with Gasteiger partial charge in [-0.3, -0.25) is 15.0 Å². The van der Waals surface area contributed by atoms with E-state index in [-0.39, 0.29) is 29.7 Å². The molecule has 1 aromatic carbocycles. The molecule has 0 saturated heterocycles. The van der Waals surface area contributed by atoms with Crippen LogP contribution in [-0.2, 0) is 25.5 Å². The lowest BCUT2D eigenvalue weighted by Gasteiger charge is -2.28. The number of hydrogen-bond donors (Lipinski definition) is 4. The normalized spacial score (nSPS) is 13.5. The molecule has 1 aromatic rings. The number of nitrogens with zero attached hydrogens (tertiary/aromatic N) is 1. The molecular weight excluding hydrogens is 466 g/mol. The lowest BCUT2D eigenvalue weighted by Crippen LogP contribution is -2.55. The van der Waals surface area contributed by atoms with Gasteiger partial charge >= 0.3 is 12.2 Å². The number of hydrogen-bond acceptors (Lipinski definition) is 7. The highest BCUT2D eigenvalue weighted by Crippen LogP contribution is 2.10. The van der Waals surface area contributed by atoms with E-state index in [0.29, 0.717) is 19.4 Å². The Morgan fingerprint density at radius 3 is 1.78 bits per heavy atom. The molecule has 202 valence electrons. The second kappa shape index (κ2) is 15.6. The molecule has 4 N–H and O–H groups in total. The van der Waals surface area contributed by atoms with Crippen LogP contribution in [0.3, 0.4) is 0 Å². The van der Waals surface area contributed by atoms with Gasteiger partial charge in [0.25, 0.3) is 5.91 Å². The molecule has 3 atom stereocenters. The molecule has 0 unspecified atom stereocenters. The van der Waals surface area contributed by atoms with Gasteiger partial charge in [-0.2, -0.15) is 0 Å². The SMILES string of the molecule is COC(=O)N[C@H](C(=O)N[C@H](CCN(C)NC(=O)[C@@H](NC(=O)OC)C(C)C)Cc1ccccc1)C(C)C. The molecule has 0 heterocycles. The lowest BCUT2D eigenvalue weighted by atomic mass is 10.00. The smallest absolute Gasteiger partial charge is 0.407 e. The molecule has 0 bridgehead atoms. The van der Waals surface area contributed by atoms with Crippen LogP contribution in [0.1, 0.15) is 39.7 Å². The van der Waals surface area contributed by atoms with E-state index in [1.807, 2.05) is 58.0 Å². The summed E-state index contributed by atoms with van der Waals surface area (Å²) in [6, 6.07) is 7.93. The second-order valence-electron chi connectivity index (χ2n) is 9.30. The molecule has 0 radical (unpaired) electrons. The minimum absolute atomic E-state index is 0.154. The molecule has 0 fully saturated rings. The van der Waals surface area contributed by atoms with Crippen molar-refractivity contribution >= 4 is 24.0 Å². The first-order valence-corrected chi connectivity index (χ1v) is 12.0. The largest absolute Gasteiger partial charge is 0.453 e. The number of rotatable bonds is 13. The fourth-order valence-corrected chi connectivity index (χ4v) is 3.52. The maximum atomic E-state index is 13.0. The lowest BCUT2D eigenvalue weighted by molar-refractivity contribution is -0.129. The molecule has 0 aliphatic heterocycles. The zero-order valence-electron chi connectivity index (χ0n) is 22.3. The van der Waals surface area contributed by atoms with Crippen molar-refractivity contribution in [1.82, 2.24) is 26.4 Å². The summed E-state index contributed by atoms with van der Waals surface area (Å²) in [4.78, 5) is 49.1. The van der Waals surface area contributed by atoms with Gasteiger partial charge in [-0.25, -0.2) is 14.6 Å². The molecular formula is C25H41N5O6. The maximum absolute atomic E-state index is 13.0. The van der Waals surface area contributed by atoms with E-state index >= 15 is 0 Å². The van der Waals surface area contributed by atoms with Crippen LogP contribution in [0.5, 0.6) is 0 Å². The molecule has 1 rings (SSSR count). The molecule has 36 heavy (non-hydrogen) atoms. The molecule has 11 heteroatoms. The maximum Gasteiger partial charge on any atom is 0.407 e.